The number of hydrogen-bond donors (Lipinski definition) is 3. The molecule has 0 aliphatic carbocycles. The first kappa shape index (κ1) is 51.1. The zero-order valence-corrected chi connectivity index (χ0v) is 25.5. The molecule has 0 atom stereocenters. The minimum Gasteiger partial charge on any atom is -0.390 e. The second-order valence-corrected chi connectivity index (χ2v) is 11.4. The van der Waals surface area contributed by atoms with Crippen molar-refractivity contribution in [2.24, 2.45) is 5.41 Å². The Hall–Kier alpha value is -1.92. The van der Waals surface area contributed by atoms with Gasteiger partial charge in [-0.15, -0.1) is 0 Å². The lowest BCUT2D eigenvalue weighted by molar-refractivity contribution is -0.378. The first-order valence-electron chi connectivity index (χ1n) is 13.1. The van der Waals surface area contributed by atoms with Crippen molar-refractivity contribution in [3.63, 3.8) is 0 Å². The zero-order chi connectivity index (χ0) is 43.0. The van der Waals surface area contributed by atoms with E-state index in [-0.39, 0.29) is 6.92 Å². The van der Waals surface area contributed by atoms with Crippen LogP contribution >= 0.6 is 0 Å². The molecule has 0 aliphatic heterocycles. The summed E-state index contributed by atoms with van der Waals surface area (Å²) in [4.78, 5) is 0. The van der Waals surface area contributed by atoms with E-state index in [0.29, 0.717) is 0 Å². The average molecular weight is 852 g/mol. The van der Waals surface area contributed by atoms with Gasteiger partial charge in [0, 0.05) is 5.41 Å². The number of aliphatic hydroxyl groups excluding tert-OH is 3. The van der Waals surface area contributed by atoms with Crippen LogP contribution in [0.1, 0.15) is 6.92 Å². The molecule has 3 N–H and O–H groups in total. The summed E-state index contributed by atoms with van der Waals surface area (Å²) in [6.07, 6.45) is 0. The van der Waals surface area contributed by atoms with E-state index in [0.717, 1.165) is 0 Å². The maximum atomic E-state index is 14.0. The summed E-state index contributed by atoms with van der Waals surface area (Å²) in [7, 11) is 0. The summed E-state index contributed by atoms with van der Waals surface area (Å²) < 4.78 is 338. The highest BCUT2D eigenvalue weighted by atomic mass is 19.4. The van der Waals surface area contributed by atoms with Crippen LogP contribution in [0, 0.1) is 5.41 Å². The fraction of sp³-hybridized carbons (Fsp3) is 1.00. The van der Waals surface area contributed by atoms with Crippen LogP contribution in [0.3, 0.4) is 0 Å². The van der Waals surface area contributed by atoms with Gasteiger partial charge in [-0.3, -0.25) is 0 Å². The molecular formula is C23H24F24O6. The quantitative estimate of drug-likeness (QED) is 0.0945. The van der Waals surface area contributed by atoms with Crippen molar-refractivity contribution >= 4 is 0 Å². The maximum absolute atomic E-state index is 14.0. The largest absolute Gasteiger partial charge is 0.390 e. The molecule has 0 saturated heterocycles. The van der Waals surface area contributed by atoms with Gasteiger partial charge in [-0.1, -0.05) is 6.92 Å². The second-order valence-electron chi connectivity index (χ2n) is 11.4. The summed E-state index contributed by atoms with van der Waals surface area (Å²) in [5, 5.41) is 24.5. The predicted molar refractivity (Wildman–Crippen MR) is 121 cm³/mol. The van der Waals surface area contributed by atoms with E-state index in [1.807, 2.05) is 0 Å². The molecule has 53 heavy (non-hydrogen) atoms. The summed E-state index contributed by atoms with van der Waals surface area (Å²) in [5.41, 5.74) is -3.16. The van der Waals surface area contributed by atoms with Gasteiger partial charge in [-0.25, -0.2) is 0 Å². The van der Waals surface area contributed by atoms with Gasteiger partial charge in [0.2, 0.25) is 0 Å². The maximum Gasteiger partial charge on any atom is 0.380 e. The molecule has 0 aromatic rings. The molecule has 0 rings (SSSR count). The van der Waals surface area contributed by atoms with Gasteiger partial charge in [0.05, 0.1) is 19.8 Å². The molecule has 0 bridgehead atoms. The molecule has 0 heterocycles. The lowest BCUT2D eigenvalue weighted by Crippen LogP contribution is -2.64. The van der Waals surface area contributed by atoms with E-state index in [4.69, 9.17) is 15.3 Å². The molecule has 0 aromatic heterocycles. The summed E-state index contributed by atoms with van der Waals surface area (Å²) in [6.45, 7) is -25.6. The third kappa shape index (κ3) is 9.22. The Kier molecular flexibility index (Phi) is 15.0. The van der Waals surface area contributed by atoms with Crippen molar-refractivity contribution < 1.29 is 135 Å². The number of rotatable bonds is 24. The molecular weight excluding hydrogens is 828 g/mol. The molecule has 0 spiro atoms. The van der Waals surface area contributed by atoms with Crippen molar-refractivity contribution in [2.75, 3.05) is 59.5 Å². The van der Waals surface area contributed by atoms with Crippen LogP contribution in [0.2, 0.25) is 0 Å². The molecule has 0 fully saturated rings. The third-order valence-electron chi connectivity index (χ3n) is 6.74. The minimum absolute atomic E-state index is 0.118. The van der Waals surface area contributed by atoms with Crippen molar-refractivity contribution in [2.45, 2.75) is 78.0 Å². The zero-order valence-electron chi connectivity index (χ0n) is 25.5. The average Bonchev–Trinajstić information content (AvgIpc) is 2.99. The van der Waals surface area contributed by atoms with Crippen molar-refractivity contribution in [3.05, 3.63) is 0 Å². The molecule has 320 valence electrons. The first-order chi connectivity index (χ1) is 23.1. The number of alkyl halides is 24. The Morgan fingerprint density at radius 1 is 0.283 bits per heavy atom. The normalized spacial score (nSPS) is 16.1. The van der Waals surface area contributed by atoms with Gasteiger partial charge in [0.15, 0.2) is 0 Å². The van der Waals surface area contributed by atoms with Crippen LogP contribution in [0.5, 0.6) is 0 Å². The molecule has 0 aliphatic rings. The van der Waals surface area contributed by atoms with Gasteiger partial charge in [0.25, 0.3) is 0 Å². The van der Waals surface area contributed by atoms with Gasteiger partial charge in [-0.2, -0.15) is 105 Å². The fourth-order valence-electron chi connectivity index (χ4n) is 3.35. The second kappa shape index (κ2) is 15.5. The van der Waals surface area contributed by atoms with E-state index in [2.05, 4.69) is 14.2 Å². The Morgan fingerprint density at radius 2 is 0.434 bits per heavy atom. The molecule has 0 unspecified atom stereocenters. The highest BCUT2D eigenvalue weighted by Gasteiger charge is 2.82. The van der Waals surface area contributed by atoms with Crippen molar-refractivity contribution in [1.82, 2.24) is 0 Å². The SMILES string of the molecule is CC(COCC(F)(F)C(F)(F)C(F)(F)C(F)(F)CO)(COCC(F)(F)C(F)(F)C(F)(F)C(F)(F)CO)COCC(F)(F)C(F)(F)C(F)(F)C(F)(F)CO. The van der Waals surface area contributed by atoms with Crippen LogP contribution in [-0.4, -0.2) is 146 Å². The van der Waals surface area contributed by atoms with Crippen LogP contribution in [-0.2, 0) is 14.2 Å². The van der Waals surface area contributed by atoms with Crippen molar-refractivity contribution in [1.29, 1.82) is 0 Å². The smallest absolute Gasteiger partial charge is 0.380 e. The van der Waals surface area contributed by atoms with E-state index in [9.17, 15) is 105 Å². The summed E-state index contributed by atoms with van der Waals surface area (Å²) in [6, 6.07) is 0. The van der Waals surface area contributed by atoms with E-state index >= 15 is 0 Å². The highest BCUT2D eigenvalue weighted by molar-refractivity contribution is 5.06. The van der Waals surface area contributed by atoms with Crippen molar-refractivity contribution in [3.8, 4) is 0 Å². The van der Waals surface area contributed by atoms with Crippen LogP contribution in [0.4, 0.5) is 105 Å². The Balaban J connectivity index is 6.47. The standard InChI is InChI=1S/C23H24F24O6/c1-11(5-51-8-15(30,31)21(42,43)18(36,37)12(24,25)2-48,6-52-9-16(32,33)22(44,45)19(38,39)13(26,27)3-49)7-53-10-17(34,35)23(46,47)20(40,41)14(28,29)4-50/h48-50H,2-10H2,1H3. The van der Waals surface area contributed by atoms with Gasteiger partial charge < -0.3 is 29.5 Å². The topological polar surface area (TPSA) is 88.4 Å². The van der Waals surface area contributed by atoms with Gasteiger partial charge >= 0.3 is 71.1 Å². The predicted octanol–water partition coefficient (Wildman–Crippen LogP) is 6.64. The lowest BCUT2D eigenvalue weighted by atomic mass is 9.93. The highest BCUT2D eigenvalue weighted by Crippen LogP contribution is 2.55. The first-order valence-corrected chi connectivity index (χ1v) is 13.1. The summed E-state index contributed by atoms with van der Waals surface area (Å²) in [5.74, 6) is -81.4. The van der Waals surface area contributed by atoms with Gasteiger partial charge in [0.1, 0.15) is 39.6 Å². The van der Waals surface area contributed by atoms with E-state index in [1.54, 1.807) is 0 Å². The lowest BCUT2D eigenvalue weighted by Gasteiger charge is -2.38. The Labute approximate surface area is 278 Å². The van der Waals surface area contributed by atoms with E-state index in [1.165, 1.54) is 0 Å². The Morgan fingerprint density at radius 3 is 0.585 bits per heavy atom. The molecule has 6 nitrogen and oxygen atoms in total. The van der Waals surface area contributed by atoms with Gasteiger partial charge in [-0.05, 0) is 0 Å². The molecule has 0 radical (unpaired) electrons. The van der Waals surface area contributed by atoms with Crippen LogP contribution in [0.15, 0.2) is 0 Å². The summed E-state index contributed by atoms with van der Waals surface area (Å²) >= 11 is 0. The number of aliphatic hydroxyl groups is 3. The number of halogens is 24. The van der Waals surface area contributed by atoms with E-state index < -0.39 is 136 Å². The molecule has 0 amide bonds. The number of ether oxygens (including phenoxy) is 3. The minimum atomic E-state index is -7.21. The fourth-order valence-corrected chi connectivity index (χ4v) is 3.35. The molecule has 0 saturated carbocycles. The van der Waals surface area contributed by atoms with Crippen LogP contribution in [0.25, 0.3) is 0 Å². The molecule has 0 aromatic carbocycles. The molecule has 30 heteroatoms. The third-order valence-corrected chi connectivity index (χ3v) is 6.74. The number of hydrogen-bond acceptors (Lipinski definition) is 6. The Bertz CT molecular complexity index is 1050. The van der Waals surface area contributed by atoms with Crippen LogP contribution < -0.4 is 0 Å². The monoisotopic (exact) mass is 852 g/mol.